The van der Waals surface area contributed by atoms with E-state index >= 15 is 0 Å². The lowest BCUT2D eigenvalue weighted by Gasteiger charge is -2.29. The van der Waals surface area contributed by atoms with E-state index in [-0.39, 0.29) is 11.9 Å². The van der Waals surface area contributed by atoms with Crippen LogP contribution >= 0.6 is 0 Å². The number of amides is 1. The number of nitrogens with one attached hydrogen (secondary N) is 1. The minimum absolute atomic E-state index is 0.146. The van der Waals surface area contributed by atoms with Crippen LogP contribution in [0.4, 0.5) is 5.69 Å². The lowest BCUT2D eigenvalue weighted by molar-refractivity contribution is 0.102. The quantitative estimate of drug-likeness (QED) is 0.455. The lowest BCUT2D eigenvalue weighted by Crippen LogP contribution is -2.33. The van der Waals surface area contributed by atoms with Crippen LogP contribution in [0.5, 0.6) is 11.8 Å². The molecule has 0 fully saturated rings. The fourth-order valence-corrected chi connectivity index (χ4v) is 4.45. The number of aromatic nitrogens is 3. The molecule has 1 amide bonds. The number of hydrogen-bond donors (Lipinski definition) is 1. The zero-order chi connectivity index (χ0) is 23.7. The van der Waals surface area contributed by atoms with Crippen LogP contribution in [0.2, 0.25) is 0 Å². The zero-order valence-corrected chi connectivity index (χ0v) is 19.6. The van der Waals surface area contributed by atoms with Gasteiger partial charge in [0, 0.05) is 59.3 Å². The standard InChI is InChI=1S/C27H27N5O2/c1-4-32-13-12-24-22(16-32)25(21-10-5-6-11-23(21)31-24)26(33)30-19-8-7-9-20(15-19)34-27-28-17(2)14-18(3)29-27/h5-11,14-15H,4,12-13,16H2,1-3H3,(H,30,33). The first-order valence-electron chi connectivity index (χ1n) is 11.5. The molecule has 3 heterocycles. The number of nitrogens with zero attached hydrogens (tertiary/aromatic N) is 4. The molecule has 0 bridgehead atoms. The number of para-hydroxylation sites is 1. The van der Waals surface area contributed by atoms with Gasteiger partial charge in [0.1, 0.15) is 5.75 Å². The summed E-state index contributed by atoms with van der Waals surface area (Å²) < 4.78 is 5.87. The van der Waals surface area contributed by atoms with Gasteiger partial charge in [-0.2, -0.15) is 0 Å². The fourth-order valence-electron chi connectivity index (χ4n) is 4.45. The summed E-state index contributed by atoms with van der Waals surface area (Å²) in [5.74, 6) is 0.411. The van der Waals surface area contributed by atoms with Crippen molar-refractivity contribution in [3.63, 3.8) is 0 Å². The van der Waals surface area contributed by atoms with Gasteiger partial charge in [0.2, 0.25) is 0 Å². The summed E-state index contributed by atoms with van der Waals surface area (Å²) in [6.07, 6.45) is 0.841. The molecule has 0 unspecified atom stereocenters. The maximum Gasteiger partial charge on any atom is 0.322 e. The fraction of sp³-hybridized carbons (Fsp3) is 0.259. The number of rotatable bonds is 5. The molecule has 0 saturated heterocycles. The molecule has 0 radical (unpaired) electrons. The van der Waals surface area contributed by atoms with Crippen molar-refractivity contribution in [2.75, 3.05) is 18.4 Å². The minimum Gasteiger partial charge on any atom is -0.424 e. The Balaban J connectivity index is 1.47. The van der Waals surface area contributed by atoms with Crippen molar-refractivity contribution in [2.24, 2.45) is 0 Å². The van der Waals surface area contributed by atoms with Gasteiger partial charge in [0.15, 0.2) is 0 Å². The molecule has 1 aliphatic rings. The minimum atomic E-state index is -0.146. The SMILES string of the molecule is CCN1CCc2nc3ccccc3c(C(=O)Nc3cccc(Oc4nc(C)cc(C)n4)c3)c2C1. The van der Waals surface area contributed by atoms with Gasteiger partial charge in [-0.3, -0.25) is 14.7 Å². The largest absolute Gasteiger partial charge is 0.424 e. The van der Waals surface area contributed by atoms with E-state index in [1.165, 1.54) is 0 Å². The number of likely N-dealkylation sites (N-methyl/N-ethyl adjacent to an activating group) is 1. The number of aryl methyl sites for hydroxylation is 2. The van der Waals surface area contributed by atoms with Gasteiger partial charge in [-0.05, 0) is 44.7 Å². The number of hydrogen-bond acceptors (Lipinski definition) is 6. The third-order valence-electron chi connectivity index (χ3n) is 6.06. The van der Waals surface area contributed by atoms with E-state index in [4.69, 9.17) is 9.72 Å². The maximum atomic E-state index is 13.6. The Bertz CT molecular complexity index is 1360. The summed E-state index contributed by atoms with van der Waals surface area (Å²) in [6.45, 7) is 8.56. The van der Waals surface area contributed by atoms with Crippen LogP contribution in [0.25, 0.3) is 10.9 Å². The van der Waals surface area contributed by atoms with Crippen molar-refractivity contribution in [1.29, 1.82) is 0 Å². The van der Waals surface area contributed by atoms with Crippen molar-refractivity contribution in [2.45, 2.75) is 33.7 Å². The molecular weight excluding hydrogens is 426 g/mol. The van der Waals surface area contributed by atoms with E-state index in [2.05, 4.69) is 27.1 Å². The Morgan fingerprint density at radius 2 is 1.82 bits per heavy atom. The molecule has 0 aliphatic carbocycles. The van der Waals surface area contributed by atoms with E-state index in [0.29, 0.717) is 17.0 Å². The molecule has 2 aromatic heterocycles. The van der Waals surface area contributed by atoms with Crippen LogP contribution in [-0.4, -0.2) is 38.8 Å². The third-order valence-corrected chi connectivity index (χ3v) is 6.06. The first kappa shape index (κ1) is 22.0. The Morgan fingerprint density at radius 3 is 2.62 bits per heavy atom. The summed E-state index contributed by atoms with van der Waals surface area (Å²) in [7, 11) is 0. The van der Waals surface area contributed by atoms with Gasteiger partial charge >= 0.3 is 6.01 Å². The van der Waals surface area contributed by atoms with Gasteiger partial charge in [-0.25, -0.2) is 9.97 Å². The second-order valence-electron chi connectivity index (χ2n) is 8.57. The molecule has 0 atom stereocenters. The summed E-state index contributed by atoms with van der Waals surface area (Å²) in [6, 6.07) is 17.3. The van der Waals surface area contributed by atoms with Gasteiger partial charge in [0.25, 0.3) is 5.91 Å². The normalized spacial score (nSPS) is 13.5. The average Bonchev–Trinajstić information content (AvgIpc) is 2.81. The van der Waals surface area contributed by atoms with E-state index in [1.807, 2.05) is 62.4 Å². The van der Waals surface area contributed by atoms with Crippen molar-refractivity contribution in [1.82, 2.24) is 19.9 Å². The molecule has 4 aromatic rings. The van der Waals surface area contributed by atoms with Gasteiger partial charge in [-0.15, -0.1) is 0 Å². The lowest BCUT2D eigenvalue weighted by atomic mass is 9.95. The number of benzene rings is 2. The highest BCUT2D eigenvalue weighted by Crippen LogP contribution is 2.29. The van der Waals surface area contributed by atoms with Crippen LogP contribution in [0.3, 0.4) is 0 Å². The van der Waals surface area contributed by atoms with Crippen molar-refractivity contribution >= 4 is 22.5 Å². The molecule has 172 valence electrons. The number of anilines is 1. The summed E-state index contributed by atoms with van der Waals surface area (Å²) in [5, 5.41) is 3.94. The zero-order valence-electron chi connectivity index (χ0n) is 19.6. The number of carbonyl (C=O) groups is 1. The first-order valence-corrected chi connectivity index (χ1v) is 11.5. The van der Waals surface area contributed by atoms with Crippen molar-refractivity contribution in [3.05, 3.63) is 82.8 Å². The molecule has 7 heteroatoms. The van der Waals surface area contributed by atoms with Crippen LogP contribution < -0.4 is 10.1 Å². The van der Waals surface area contributed by atoms with Crippen LogP contribution in [0, 0.1) is 13.8 Å². The van der Waals surface area contributed by atoms with Crippen molar-refractivity contribution in [3.8, 4) is 11.8 Å². The molecule has 5 rings (SSSR count). The van der Waals surface area contributed by atoms with Gasteiger partial charge in [-0.1, -0.05) is 31.2 Å². The summed E-state index contributed by atoms with van der Waals surface area (Å²) in [5.41, 5.74) is 5.88. The van der Waals surface area contributed by atoms with E-state index in [0.717, 1.165) is 59.6 Å². The number of fused-ring (bicyclic) bond motifs is 2. The molecule has 1 N–H and O–H groups in total. The average molecular weight is 454 g/mol. The second kappa shape index (κ2) is 9.19. The number of ether oxygens (including phenoxy) is 1. The molecule has 0 saturated carbocycles. The molecular formula is C27H27N5O2. The van der Waals surface area contributed by atoms with Gasteiger partial charge < -0.3 is 10.1 Å². The molecule has 0 spiro atoms. The van der Waals surface area contributed by atoms with Gasteiger partial charge in [0.05, 0.1) is 11.1 Å². The molecule has 2 aromatic carbocycles. The maximum absolute atomic E-state index is 13.6. The number of carbonyl (C=O) groups excluding carboxylic acids is 1. The van der Waals surface area contributed by atoms with Crippen molar-refractivity contribution < 1.29 is 9.53 Å². The number of pyridine rings is 1. The molecule has 1 aliphatic heterocycles. The Morgan fingerprint density at radius 1 is 1.03 bits per heavy atom. The van der Waals surface area contributed by atoms with Crippen LogP contribution in [0.15, 0.2) is 54.6 Å². The predicted octanol–water partition coefficient (Wildman–Crippen LogP) is 5.06. The van der Waals surface area contributed by atoms with Crippen LogP contribution in [0.1, 0.15) is 39.9 Å². The molecule has 34 heavy (non-hydrogen) atoms. The monoisotopic (exact) mass is 453 g/mol. The first-order chi connectivity index (χ1) is 16.5. The van der Waals surface area contributed by atoms with E-state index in [9.17, 15) is 4.79 Å². The highest BCUT2D eigenvalue weighted by molar-refractivity contribution is 6.13. The van der Waals surface area contributed by atoms with Crippen LogP contribution in [-0.2, 0) is 13.0 Å². The topological polar surface area (TPSA) is 80.2 Å². The Hall–Kier alpha value is -3.84. The second-order valence-corrected chi connectivity index (χ2v) is 8.57. The Kier molecular flexibility index (Phi) is 5.94. The third kappa shape index (κ3) is 4.47. The molecule has 7 nitrogen and oxygen atoms in total. The summed E-state index contributed by atoms with van der Waals surface area (Å²) in [4.78, 5) is 29.5. The highest BCUT2D eigenvalue weighted by Gasteiger charge is 2.25. The highest BCUT2D eigenvalue weighted by atomic mass is 16.5. The Labute approximate surface area is 198 Å². The van der Waals surface area contributed by atoms with E-state index < -0.39 is 0 Å². The van der Waals surface area contributed by atoms with E-state index in [1.54, 1.807) is 6.07 Å². The summed E-state index contributed by atoms with van der Waals surface area (Å²) >= 11 is 0. The predicted molar refractivity (Wildman–Crippen MR) is 132 cm³/mol. The smallest absolute Gasteiger partial charge is 0.322 e.